The van der Waals surface area contributed by atoms with Crippen molar-refractivity contribution in [1.82, 2.24) is 0 Å². The minimum atomic E-state index is -2.76. The molecule has 0 aromatic heterocycles. The standard InChI is InChI=1S/C37H36OSi2/c1-5-27-39(31-19-11-7-12-20-31,32-21-13-8-14-22-32)36-29(3)30(4)37(35(36)38)40(28-6-2,33-23-15-9-16-24-33)34-25-17-10-18-26-34/h5-26H,1-2,27-28H2,3-4H3. The minimum Gasteiger partial charge on any atom is -0.290 e. The molecule has 0 spiro atoms. The van der Waals surface area contributed by atoms with Crippen LogP contribution in [0.5, 0.6) is 0 Å². The Balaban J connectivity index is 1.83. The van der Waals surface area contributed by atoms with Gasteiger partial charge in [-0.25, -0.2) is 0 Å². The number of Topliss-reactive ketones (excluding diaryl/α,β-unsaturated/α-hetero) is 1. The molecule has 0 saturated carbocycles. The average Bonchev–Trinajstić information content (AvgIpc) is 3.24. The summed E-state index contributed by atoms with van der Waals surface area (Å²) in [7, 11) is -5.52. The highest BCUT2D eigenvalue weighted by Gasteiger charge is 2.53. The Morgan fingerprint density at radius 1 is 0.500 bits per heavy atom. The lowest BCUT2D eigenvalue weighted by Crippen LogP contribution is -2.64. The molecule has 0 fully saturated rings. The molecule has 0 heterocycles. The van der Waals surface area contributed by atoms with E-state index in [9.17, 15) is 0 Å². The summed E-state index contributed by atoms with van der Waals surface area (Å²) in [6.45, 7) is 12.8. The largest absolute Gasteiger partial charge is 0.290 e. The topological polar surface area (TPSA) is 17.1 Å². The fourth-order valence-corrected chi connectivity index (χ4v) is 16.7. The van der Waals surface area contributed by atoms with Gasteiger partial charge in [0.2, 0.25) is 0 Å². The van der Waals surface area contributed by atoms with Crippen LogP contribution in [0, 0.1) is 0 Å². The summed E-state index contributed by atoms with van der Waals surface area (Å²) < 4.78 is 0. The summed E-state index contributed by atoms with van der Waals surface area (Å²) in [6.07, 6.45) is 4.05. The molecule has 1 aliphatic carbocycles. The van der Waals surface area contributed by atoms with Gasteiger partial charge >= 0.3 is 0 Å². The predicted molar refractivity (Wildman–Crippen MR) is 176 cm³/mol. The van der Waals surface area contributed by atoms with E-state index < -0.39 is 16.1 Å². The van der Waals surface area contributed by atoms with Gasteiger partial charge < -0.3 is 0 Å². The molecule has 40 heavy (non-hydrogen) atoms. The highest BCUT2D eigenvalue weighted by molar-refractivity contribution is 7.15. The number of hydrogen-bond donors (Lipinski definition) is 0. The molecule has 0 saturated heterocycles. The van der Waals surface area contributed by atoms with Crippen LogP contribution in [-0.4, -0.2) is 21.9 Å². The van der Waals surface area contributed by atoms with E-state index in [-0.39, 0.29) is 5.78 Å². The molecule has 0 unspecified atom stereocenters. The van der Waals surface area contributed by atoms with Crippen molar-refractivity contribution in [3.63, 3.8) is 0 Å². The molecule has 0 bridgehead atoms. The molecule has 4 aromatic rings. The molecule has 0 aliphatic heterocycles. The molecular weight excluding hydrogens is 517 g/mol. The molecule has 1 nitrogen and oxygen atoms in total. The third-order valence-electron chi connectivity index (χ3n) is 8.59. The summed E-state index contributed by atoms with van der Waals surface area (Å²) >= 11 is 0. The van der Waals surface area contributed by atoms with Crippen LogP contribution in [0.25, 0.3) is 0 Å². The SMILES string of the molecule is C=CC[Si](C1=C(C)C(C)=C([Si](CC=C)(c2ccccc2)c2ccccc2)C1=O)(c1ccccc1)c1ccccc1. The Bertz CT molecular complexity index is 1380. The first-order valence-electron chi connectivity index (χ1n) is 13.9. The lowest BCUT2D eigenvalue weighted by molar-refractivity contribution is -0.111. The molecule has 0 atom stereocenters. The van der Waals surface area contributed by atoms with Crippen molar-refractivity contribution in [2.45, 2.75) is 25.9 Å². The van der Waals surface area contributed by atoms with Gasteiger partial charge in [-0.3, -0.25) is 4.79 Å². The maximum atomic E-state index is 15.3. The molecule has 0 N–H and O–H groups in total. The van der Waals surface area contributed by atoms with Gasteiger partial charge in [0.1, 0.15) is 0 Å². The van der Waals surface area contributed by atoms with Gasteiger partial charge in [-0.1, -0.05) is 133 Å². The molecule has 198 valence electrons. The number of carbonyl (C=O) groups is 1. The van der Waals surface area contributed by atoms with Crippen molar-refractivity contribution < 1.29 is 4.79 Å². The van der Waals surface area contributed by atoms with Crippen LogP contribution in [0.4, 0.5) is 0 Å². The fourth-order valence-electron chi connectivity index (χ4n) is 6.78. The summed E-state index contributed by atoms with van der Waals surface area (Å²) in [5, 5.41) is 6.98. The third-order valence-corrected chi connectivity index (χ3v) is 18.6. The zero-order valence-electron chi connectivity index (χ0n) is 23.4. The third kappa shape index (κ3) is 4.36. The summed E-state index contributed by atoms with van der Waals surface area (Å²) in [6, 6.07) is 44.3. The zero-order chi connectivity index (χ0) is 28.2. The maximum absolute atomic E-state index is 15.3. The highest BCUT2D eigenvalue weighted by atomic mass is 28.3. The Hall–Kier alpha value is -4.06. The van der Waals surface area contributed by atoms with E-state index in [1.807, 2.05) is 12.2 Å². The summed E-state index contributed by atoms with van der Waals surface area (Å²) in [5.74, 6) is 0.220. The first kappa shape index (κ1) is 27.5. The second-order valence-electron chi connectivity index (χ2n) is 10.6. The van der Waals surface area contributed by atoms with Gasteiger partial charge in [0, 0.05) is 10.4 Å². The van der Waals surface area contributed by atoms with Gasteiger partial charge in [-0.05, 0) is 57.8 Å². The van der Waals surface area contributed by atoms with Crippen molar-refractivity contribution >= 4 is 42.7 Å². The summed E-state index contributed by atoms with van der Waals surface area (Å²) in [4.78, 5) is 15.3. The van der Waals surface area contributed by atoms with Gasteiger partial charge in [0.15, 0.2) is 21.9 Å². The van der Waals surface area contributed by atoms with E-state index in [0.717, 1.165) is 33.6 Å². The smallest absolute Gasteiger partial charge is 0.179 e. The molecule has 4 aromatic carbocycles. The molecule has 1 aliphatic rings. The van der Waals surface area contributed by atoms with E-state index in [0.29, 0.717) is 0 Å². The molecule has 5 rings (SSSR count). The van der Waals surface area contributed by atoms with E-state index in [1.165, 1.54) is 20.7 Å². The Labute approximate surface area is 241 Å². The van der Waals surface area contributed by atoms with Crippen LogP contribution in [0.15, 0.2) is 168 Å². The molecular formula is C37H36OSi2. The number of ketones is 1. The van der Waals surface area contributed by atoms with E-state index >= 15 is 4.79 Å². The van der Waals surface area contributed by atoms with Gasteiger partial charge in [0.25, 0.3) is 0 Å². The quantitative estimate of drug-likeness (QED) is 0.170. The van der Waals surface area contributed by atoms with Crippen LogP contribution in [0.1, 0.15) is 13.8 Å². The van der Waals surface area contributed by atoms with Crippen LogP contribution in [0.3, 0.4) is 0 Å². The second kappa shape index (κ2) is 11.6. The van der Waals surface area contributed by atoms with Crippen LogP contribution < -0.4 is 20.7 Å². The number of benzene rings is 4. The van der Waals surface area contributed by atoms with Crippen molar-refractivity contribution in [2.75, 3.05) is 0 Å². The lowest BCUT2D eigenvalue weighted by Gasteiger charge is -2.37. The molecule has 3 heteroatoms. The van der Waals surface area contributed by atoms with E-state index in [2.05, 4.69) is 148 Å². The van der Waals surface area contributed by atoms with Crippen molar-refractivity contribution in [3.05, 3.63) is 168 Å². The monoisotopic (exact) mass is 552 g/mol. The molecule has 0 radical (unpaired) electrons. The second-order valence-corrected chi connectivity index (χ2v) is 18.3. The first-order valence-corrected chi connectivity index (χ1v) is 18.4. The zero-order valence-corrected chi connectivity index (χ0v) is 25.4. The summed E-state index contributed by atoms with van der Waals surface area (Å²) in [5.41, 5.74) is 2.27. The van der Waals surface area contributed by atoms with Crippen molar-refractivity contribution in [2.24, 2.45) is 0 Å². The lowest BCUT2D eigenvalue weighted by atomic mass is 10.2. The maximum Gasteiger partial charge on any atom is 0.179 e. The fraction of sp³-hybridized carbons (Fsp3) is 0.108. The Kier molecular flexibility index (Phi) is 7.97. The van der Waals surface area contributed by atoms with Crippen LogP contribution in [0.2, 0.25) is 12.1 Å². The Morgan fingerprint density at radius 2 is 0.750 bits per heavy atom. The highest BCUT2D eigenvalue weighted by Crippen LogP contribution is 2.41. The first-order chi connectivity index (χ1) is 19.5. The minimum absolute atomic E-state index is 0.220. The number of rotatable bonds is 10. The number of hydrogen-bond acceptors (Lipinski definition) is 1. The normalized spacial score (nSPS) is 14.0. The number of carbonyl (C=O) groups excluding carboxylic acids is 1. The number of allylic oxidation sites excluding steroid dienone is 6. The van der Waals surface area contributed by atoms with E-state index in [1.54, 1.807) is 0 Å². The molecule has 0 amide bonds. The average molecular weight is 553 g/mol. The van der Waals surface area contributed by atoms with Crippen LogP contribution >= 0.6 is 0 Å². The predicted octanol–water partition coefficient (Wildman–Crippen LogP) is 6.18. The Morgan fingerprint density at radius 3 is 0.975 bits per heavy atom. The van der Waals surface area contributed by atoms with Gasteiger partial charge in [-0.15, -0.1) is 13.2 Å². The van der Waals surface area contributed by atoms with Crippen LogP contribution in [-0.2, 0) is 4.79 Å². The van der Waals surface area contributed by atoms with E-state index in [4.69, 9.17) is 0 Å². The van der Waals surface area contributed by atoms with Gasteiger partial charge in [-0.2, -0.15) is 0 Å². The van der Waals surface area contributed by atoms with Crippen molar-refractivity contribution in [3.8, 4) is 0 Å². The van der Waals surface area contributed by atoms with Gasteiger partial charge in [0.05, 0.1) is 0 Å². The van der Waals surface area contributed by atoms with Crippen molar-refractivity contribution in [1.29, 1.82) is 0 Å².